The summed E-state index contributed by atoms with van der Waals surface area (Å²) in [7, 11) is 0. The Labute approximate surface area is 169 Å². The molecule has 3 rings (SSSR count). The van der Waals surface area contributed by atoms with Crippen molar-refractivity contribution < 1.29 is 19.1 Å². The number of ether oxygens (including phenoxy) is 2. The van der Waals surface area contributed by atoms with Crippen molar-refractivity contribution in [2.75, 3.05) is 36.5 Å². The van der Waals surface area contributed by atoms with Gasteiger partial charge in [-0.3, -0.25) is 4.79 Å². The fraction of sp³-hybridized carbons (Fsp3) is 0.333. The van der Waals surface area contributed by atoms with Crippen LogP contribution in [0.5, 0.6) is 5.75 Å². The number of amides is 1. The lowest BCUT2D eigenvalue weighted by Crippen LogP contribution is -2.23. The van der Waals surface area contributed by atoms with Crippen molar-refractivity contribution in [1.29, 1.82) is 0 Å². The lowest BCUT2D eigenvalue weighted by molar-refractivity contribution is -0.149. The molecule has 0 saturated carbocycles. The van der Waals surface area contributed by atoms with Crippen LogP contribution in [0.1, 0.15) is 18.4 Å². The first kappa shape index (κ1) is 20.0. The fourth-order valence-corrected chi connectivity index (χ4v) is 3.25. The molecule has 0 bridgehead atoms. The largest absolute Gasteiger partial charge is 0.482 e. The van der Waals surface area contributed by atoms with E-state index in [4.69, 9.17) is 21.1 Å². The van der Waals surface area contributed by atoms with Crippen molar-refractivity contribution in [1.82, 2.24) is 0 Å². The number of benzene rings is 2. The monoisotopic (exact) mass is 402 g/mol. The van der Waals surface area contributed by atoms with Gasteiger partial charge in [-0.15, -0.1) is 0 Å². The minimum Gasteiger partial charge on any atom is -0.482 e. The first-order valence-electron chi connectivity index (χ1n) is 9.21. The molecule has 7 heteroatoms. The molecule has 0 aromatic heterocycles. The Balaban J connectivity index is 1.40. The van der Waals surface area contributed by atoms with Gasteiger partial charge < -0.3 is 19.7 Å². The van der Waals surface area contributed by atoms with Gasteiger partial charge in [0.1, 0.15) is 5.75 Å². The third-order valence-electron chi connectivity index (χ3n) is 4.47. The molecule has 28 heavy (non-hydrogen) atoms. The molecular formula is C21H23ClN2O4. The summed E-state index contributed by atoms with van der Waals surface area (Å²) in [6, 6.07) is 12.8. The van der Waals surface area contributed by atoms with Gasteiger partial charge in [-0.1, -0.05) is 11.6 Å². The predicted octanol–water partition coefficient (Wildman–Crippen LogP) is 3.81. The van der Waals surface area contributed by atoms with E-state index in [2.05, 4.69) is 10.2 Å². The van der Waals surface area contributed by atoms with Crippen LogP contribution >= 0.6 is 11.6 Å². The van der Waals surface area contributed by atoms with Crippen molar-refractivity contribution in [2.45, 2.75) is 19.8 Å². The van der Waals surface area contributed by atoms with Gasteiger partial charge in [0.25, 0.3) is 5.91 Å². The Hall–Kier alpha value is -2.73. The molecule has 1 saturated heterocycles. The number of nitrogens with one attached hydrogen (secondary N) is 1. The Morgan fingerprint density at radius 2 is 1.79 bits per heavy atom. The Morgan fingerprint density at radius 3 is 2.46 bits per heavy atom. The molecule has 1 aliphatic rings. The second-order valence-corrected chi connectivity index (χ2v) is 7.08. The van der Waals surface area contributed by atoms with Crippen LogP contribution in [0.25, 0.3) is 0 Å². The molecule has 1 N–H and O–H groups in total. The Bertz CT molecular complexity index is 833. The summed E-state index contributed by atoms with van der Waals surface area (Å²) in [6.07, 6.45) is 2.43. The number of rotatable bonds is 7. The van der Waals surface area contributed by atoms with Gasteiger partial charge in [0.2, 0.25) is 0 Å². The van der Waals surface area contributed by atoms with E-state index in [1.165, 1.54) is 12.8 Å². The van der Waals surface area contributed by atoms with Crippen LogP contribution in [0.4, 0.5) is 11.4 Å². The number of carbonyl (C=O) groups is 2. The number of hydrogen-bond acceptors (Lipinski definition) is 5. The van der Waals surface area contributed by atoms with Crippen molar-refractivity contribution in [3.8, 4) is 5.75 Å². The molecule has 148 valence electrons. The van der Waals surface area contributed by atoms with E-state index in [0.29, 0.717) is 16.5 Å². The number of nitrogens with zero attached hydrogens (tertiary/aromatic N) is 1. The topological polar surface area (TPSA) is 67.9 Å². The molecule has 2 aromatic carbocycles. The van der Waals surface area contributed by atoms with Crippen LogP contribution in [0, 0.1) is 6.92 Å². The number of halogens is 1. The van der Waals surface area contributed by atoms with E-state index < -0.39 is 11.9 Å². The van der Waals surface area contributed by atoms with Gasteiger partial charge in [-0.05, 0) is 67.8 Å². The molecule has 0 atom stereocenters. The van der Waals surface area contributed by atoms with Crippen molar-refractivity contribution >= 4 is 34.9 Å². The van der Waals surface area contributed by atoms with Gasteiger partial charge in [0.15, 0.2) is 13.2 Å². The molecule has 0 spiro atoms. The maximum atomic E-state index is 12.0. The molecule has 1 amide bonds. The van der Waals surface area contributed by atoms with E-state index in [0.717, 1.165) is 24.3 Å². The van der Waals surface area contributed by atoms with Crippen molar-refractivity contribution in [2.24, 2.45) is 0 Å². The third-order valence-corrected chi connectivity index (χ3v) is 4.70. The molecule has 2 aromatic rings. The predicted molar refractivity (Wildman–Crippen MR) is 109 cm³/mol. The van der Waals surface area contributed by atoms with E-state index in [1.54, 1.807) is 18.2 Å². The number of aryl methyl sites for hydroxylation is 1. The van der Waals surface area contributed by atoms with Crippen LogP contribution < -0.4 is 15.0 Å². The molecule has 1 fully saturated rings. The fourth-order valence-electron chi connectivity index (χ4n) is 3.03. The van der Waals surface area contributed by atoms with Crippen LogP contribution in [0.2, 0.25) is 5.02 Å². The zero-order valence-corrected chi connectivity index (χ0v) is 16.5. The zero-order valence-electron chi connectivity index (χ0n) is 15.7. The molecule has 1 aliphatic heterocycles. The standard InChI is InChI=1S/C21H23ClN2O4/c1-15-12-16(22)4-9-19(15)27-14-21(26)28-13-20(25)23-17-5-7-18(8-6-17)24-10-2-3-11-24/h4-9,12H,2-3,10-11,13-14H2,1H3,(H,23,25). The van der Waals surface area contributed by atoms with Gasteiger partial charge in [-0.2, -0.15) is 0 Å². The quantitative estimate of drug-likeness (QED) is 0.713. The lowest BCUT2D eigenvalue weighted by Gasteiger charge is -2.17. The number of esters is 1. The highest BCUT2D eigenvalue weighted by molar-refractivity contribution is 6.30. The van der Waals surface area contributed by atoms with Crippen LogP contribution in [-0.4, -0.2) is 38.2 Å². The summed E-state index contributed by atoms with van der Waals surface area (Å²) >= 11 is 5.88. The van der Waals surface area contributed by atoms with Crippen LogP contribution in [0.3, 0.4) is 0 Å². The number of anilines is 2. The van der Waals surface area contributed by atoms with E-state index >= 15 is 0 Å². The molecule has 6 nitrogen and oxygen atoms in total. The summed E-state index contributed by atoms with van der Waals surface area (Å²) < 4.78 is 10.4. The van der Waals surface area contributed by atoms with Crippen LogP contribution in [-0.2, 0) is 14.3 Å². The second-order valence-electron chi connectivity index (χ2n) is 6.65. The highest BCUT2D eigenvalue weighted by Crippen LogP contribution is 2.22. The Kier molecular flexibility index (Phi) is 6.76. The highest BCUT2D eigenvalue weighted by Gasteiger charge is 2.13. The van der Waals surface area contributed by atoms with Gasteiger partial charge in [0.05, 0.1) is 0 Å². The minimum atomic E-state index is -0.617. The Morgan fingerprint density at radius 1 is 1.07 bits per heavy atom. The minimum absolute atomic E-state index is 0.277. The summed E-state index contributed by atoms with van der Waals surface area (Å²) in [5.41, 5.74) is 2.63. The van der Waals surface area contributed by atoms with E-state index in [1.807, 2.05) is 31.2 Å². The summed E-state index contributed by atoms with van der Waals surface area (Å²) in [4.78, 5) is 26.1. The van der Waals surface area contributed by atoms with Gasteiger partial charge in [0, 0.05) is 29.5 Å². The number of hydrogen-bond donors (Lipinski definition) is 1. The molecule has 0 radical (unpaired) electrons. The summed E-state index contributed by atoms with van der Waals surface area (Å²) in [6.45, 7) is 3.32. The van der Waals surface area contributed by atoms with Gasteiger partial charge in [-0.25, -0.2) is 4.79 Å². The first-order valence-corrected chi connectivity index (χ1v) is 9.58. The third kappa shape index (κ3) is 5.63. The normalized spacial score (nSPS) is 13.3. The smallest absolute Gasteiger partial charge is 0.344 e. The van der Waals surface area contributed by atoms with E-state index in [9.17, 15) is 9.59 Å². The summed E-state index contributed by atoms with van der Waals surface area (Å²) in [5, 5.41) is 3.31. The summed E-state index contributed by atoms with van der Waals surface area (Å²) in [5.74, 6) is -0.470. The average molecular weight is 403 g/mol. The zero-order chi connectivity index (χ0) is 19.9. The average Bonchev–Trinajstić information content (AvgIpc) is 3.21. The molecular weight excluding hydrogens is 380 g/mol. The number of carbonyl (C=O) groups excluding carboxylic acids is 2. The molecule has 0 aliphatic carbocycles. The lowest BCUT2D eigenvalue weighted by atomic mass is 10.2. The van der Waals surface area contributed by atoms with Crippen LogP contribution in [0.15, 0.2) is 42.5 Å². The molecule has 0 unspecified atom stereocenters. The second kappa shape index (κ2) is 9.46. The molecule has 1 heterocycles. The van der Waals surface area contributed by atoms with Crippen molar-refractivity contribution in [3.63, 3.8) is 0 Å². The highest BCUT2D eigenvalue weighted by atomic mass is 35.5. The maximum absolute atomic E-state index is 12.0. The van der Waals surface area contributed by atoms with E-state index in [-0.39, 0.29) is 13.2 Å². The SMILES string of the molecule is Cc1cc(Cl)ccc1OCC(=O)OCC(=O)Nc1ccc(N2CCCC2)cc1. The van der Waals surface area contributed by atoms with Gasteiger partial charge >= 0.3 is 5.97 Å². The first-order chi connectivity index (χ1) is 13.5. The van der Waals surface area contributed by atoms with Crippen molar-refractivity contribution in [3.05, 3.63) is 53.1 Å². The maximum Gasteiger partial charge on any atom is 0.344 e.